The van der Waals surface area contributed by atoms with Gasteiger partial charge in [0.1, 0.15) is 42.3 Å². The predicted octanol–water partition coefficient (Wildman–Crippen LogP) is 0.683. The van der Waals surface area contributed by atoms with Crippen LogP contribution in [-0.4, -0.2) is 147 Å². The number of hydrogen-bond donors (Lipinski definition) is 9. The van der Waals surface area contributed by atoms with Crippen molar-refractivity contribution in [1.82, 2.24) is 36.8 Å². The minimum absolute atomic E-state index is 0.0205. The molecule has 0 radical (unpaired) electrons. The Morgan fingerprint density at radius 3 is 1.61 bits per heavy atom. The molecule has 1 saturated heterocycles. The fourth-order valence-electron chi connectivity index (χ4n) is 6.75. The summed E-state index contributed by atoms with van der Waals surface area (Å²) in [5.41, 5.74) is 6.07. The molecule has 8 atom stereocenters. The van der Waals surface area contributed by atoms with E-state index in [4.69, 9.17) is 5.73 Å². The predicted molar refractivity (Wildman–Crippen MR) is 239 cm³/mol. The zero-order valence-corrected chi connectivity index (χ0v) is 39.5. The molecule has 0 aromatic rings. The van der Waals surface area contributed by atoms with Crippen LogP contribution in [0.3, 0.4) is 0 Å². The third-order valence-corrected chi connectivity index (χ3v) is 11.7. The molecule has 7 amide bonds. The van der Waals surface area contributed by atoms with Gasteiger partial charge in [-0.1, -0.05) is 55.4 Å². The summed E-state index contributed by atoms with van der Waals surface area (Å²) in [7, 11) is 0. The highest BCUT2D eigenvalue weighted by Gasteiger charge is 2.41. The topological polar surface area (TPSA) is 296 Å². The first kappa shape index (κ1) is 55.9. The van der Waals surface area contributed by atoms with E-state index in [0.29, 0.717) is 30.8 Å². The SMILES string of the molecule is CSCC[C@H](NC(=O)[C@H](CC(C)C)NC(=O)[C@@H](N)CCSC)C(=O)N1CCC[C@H]1C(=O)N[C@H](C(=O)N[C@H](C(=O)N[C@@H](CCC(=O)O)C(=O)N[C@H](C(=O)O)C(C)C)C(C)C)C(C)C. The van der Waals surface area contributed by atoms with Gasteiger partial charge in [0.25, 0.3) is 0 Å². The summed E-state index contributed by atoms with van der Waals surface area (Å²) in [4.78, 5) is 120. The maximum Gasteiger partial charge on any atom is 0.326 e. The maximum atomic E-state index is 14.2. The zero-order chi connectivity index (χ0) is 47.4. The van der Waals surface area contributed by atoms with Gasteiger partial charge in [-0.3, -0.25) is 38.4 Å². The Bertz CT molecular complexity index is 1550. The number of carbonyl (C=O) groups excluding carboxylic acids is 7. The number of carboxylic acid groups (broad SMARTS) is 2. The average Bonchev–Trinajstić information content (AvgIpc) is 3.68. The maximum absolute atomic E-state index is 14.2. The van der Waals surface area contributed by atoms with Gasteiger partial charge >= 0.3 is 11.9 Å². The minimum atomic E-state index is -1.44. The number of nitrogens with one attached hydrogen (secondary N) is 6. The largest absolute Gasteiger partial charge is 0.481 e. The van der Waals surface area contributed by atoms with Crippen LogP contribution in [-0.2, 0) is 43.2 Å². The van der Waals surface area contributed by atoms with Gasteiger partial charge in [0.05, 0.1) is 6.04 Å². The van der Waals surface area contributed by atoms with Crippen molar-refractivity contribution in [3.63, 3.8) is 0 Å². The highest BCUT2D eigenvalue weighted by molar-refractivity contribution is 7.98. The molecule has 0 unspecified atom stereocenters. The summed E-state index contributed by atoms with van der Waals surface area (Å²) in [5.74, 6) is -7.53. The second kappa shape index (κ2) is 27.8. The van der Waals surface area contributed by atoms with Crippen LogP contribution >= 0.6 is 23.5 Å². The van der Waals surface area contributed by atoms with Crippen molar-refractivity contribution in [1.29, 1.82) is 0 Å². The van der Waals surface area contributed by atoms with Crippen LogP contribution in [0.5, 0.6) is 0 Å². The molecule has 1 aliphatic rings. The Hall–Kier alpha value is -4.11. The number of amides is 7. The van der Waals surface area contributed by atoms with Crippen molar-refractivity contribution < 1.29 is 53.4 Å². The molecule has 0 aromatic heterocycles. The van der Waals surface area contributed by atoms with Crippen molar-refractivity contribution in [3.05, 3.63) is 0 Å². The standard InChI is InChI=1S/C41H72N8O11S2/c1-21(2)20-28(45-34(52)25(42)15-18-61-9)36(54)44-27(16-19-62-10)40(58)49-17-11-12-29(49)37(55)46-32(23(5)6)39(57)47-31(22(3)4)38(56)43-26(13-14-30(50)51)35(53)48-33(24(7)8)41(59)60/h21-29,31-33H,11-20,42H2,1-10H3,(H,43,56)(H,44,54)(H,45,52)(H,46,55)(H,47,57)(H,48,53)(H,50,51)(H,59,60)/t25-,26-,27-,28-,29-,31-,32-,33-/m0/s1. The second-order valence-corrected chi connectivity index (χ2v) is 19.1. The lowest BCUT2D eigenvalue weighted by Gasteiger charge is -2.32. The lowest BCUT2D eigenvalue weighted by Crippen LogP contribution is -2.61. The average molecular weight is 917 g/mol. The Kier molecular flexibility index (Phi) is 25.1. The molecule has 354 valence electrons. The van der Waals surface area contributed by atoms with Crippen molar-refractivity contribution in [2.24, 2.45) is 29.4 Å². The van der Waals surface area contributed by atoms with Crippen LogP contribution in [0, 0.1) is 23.7 Å². The van der Waals surface area contributed by atoms with E-state index in [9.17, 15) is 53.4 Å². The van der Waals surface area contributed by atoms with E-state index < -0.39 is 126 Å². The molecule has 10 N–H and O–H groups in total. The van der Waals surface area contributed by atoms with Gasteiger partial charge in [-0.15, -0.1) is 0 Å². The number of hydrogen-bond acceptors (Lipinski definition) is 12. The Labute approximate surface area is 374 Å². The third kappa shape index (κ3) is 18.7. The summed E-state index contributed by atoms with van der Waals surface area (Å²) < 4.78 is 0. The van der Waals surface area contributed by atoms with Crippen LogP contribution in [0.2, 0.25) is 0 Å². The smallest absolute Gasteiger partial charge is 0.326 e. The molecule has 0 aromatic carbocycles. The first-order valence-electron chi connectivity index (χ1n) is 21.3. The Balaban J connectivity index is 3.26. The molecule has 1 fully saturated rings. The number of thioether (sulfide) groups is 2. The lowest BCUT2D eigenvalue weighted by molar-refractivity contribution is -0.144. The summed E-state index contributed by atoms with van der Waals surface area (Å²) in [6, 6.07) is -8.96. The molecule has 0 aliphatic carbocycles. The lowest BCUT2D eigenvalue weighted by atomic mass is 9.98. The van der Waals surface area contributed by atoms with E-state index in [1.165, 1.54) is 16.7 Å². The van der Waals surface area contributed by atoms with Crippen LogP contribution in [0.25, 0.3) is 0 Å². The second-order valence-electron chi connectivity index (χ2n) is 17.1. The van der Waals surface area contributed by atoms with Crippen molar-refractivity contribution in [3.8, 4) is 0 Å². The fourth-order valence-corrected chi connectivity index (χ4v) is 7.72. The number of carboxylic acids is 2. The first-order valence-corrected chi connectivity index (χ1v) is 24.1. The number of nitrogens with zero attached hydrogens (tertiary/aromatic N) is 1. The number of aliphatic carboxylic acids is 2. The normalized spacial score (nSPS) is 17.3. The Morgan fingerprint density at radius 1 is 0.613 bits per heavy atom. The molecule has 62 heavy (non-hydrogen) atoms. The quantitative estimate of drug-likeness (QED) is 0.0522. The van der Waals surface area contributed by atoms with Crippen LogP contribution in [0.15, 0.2) is 0 Å². The van der Waals surface area contributed by atoms with Gasteiger partial charge in [-0.25, -0.2) is 4.79 Å². The molecule has 1 rings (SSSR count). The molecular weight excluding hydrogens is 845 g/mol. The van der Waals surface area contributed by atoms with E-state index in [1.807, 2.05) is 26.4 Å². The molecule has 0 bridgehead atoms. The van der Waals surface area contributed by atoms with Gasteiger partial charge in [0.15, 0.2) is 0 Å². The number of nitrogens with two attached hydrogens (primary N) is 1. The van der Waals surface area contributed by atoms with Crippen LogP contribution in [0.1, 0.15) is 100 Å². The molecule has 19 nitrogen and oxygen atoms in total. The van der Waals surface area contributed by atoms with Gasteiger partial charge in [0.2, 0.25) is 41.4 Å². The molecule has 21 heteroatoms. The zero-order valence-electron chi connectivity index (χ0n) is 37.9. The minimum Gasteiger partial charge on any atom is -0.481 e. The number of rotatable bonds is 28. The summed E-state index contributed by atoms with van der Waals surface area (Å²) in [6.45, 7) is 13.8. The van der Waals surface area contributed by atoms with Crippen molar-refractivity contribution in [2.45, 2.75) is 149 Å². The van der Waals surface area contributed by atoms with Crippen molar-refractivity contribution in [2.75, 3.05) is 30.6 Å². The molecular formula is C41H72N8O11S2. The van der Waals surface area contributed by atoms with Gasteiger partial charge in [-0.05, 0) is 86.2 Å². The number of likely N-dealkylation sites (tertiary alicyclic amines) is 1. The molecule has 1 heterocycles. The number of carbonyl (C=O) groups is 9. The van der Waals surface area contributed by atoms with E-state index in [1.54, 1.807) is 53.3 Å². The summed E-state index contributed by atoms with van der Waals surface area (Å²) in [6.07, 6.45) is 4.61. The molecule has 0 saturated carbocycles. The van der Waals surface area contributed by atoms with Crippen molar-refractivity contribution >= 4 is 76.8 Å². The Morgan fingerprint density at radius 2 is 1.10 bits per heavy atom. The molecule has 1 aliphatic heterocycles. The van der Waals surface area contributed by atoms with E-state index in [-0.39, 0.29) is 31.7 Å². The monoisotopic (exact) mass is 916 g/mol. The van der Waals surface area contributed by atoms with Gasteiger partial charge in [0, 0.05) is 13.0 Å². The third-order valence-electron chi connectivity index (χ3n) is 10.4. The van der Waals surface area contributed by atoms with E-state index in [0.717, 1.165) is 0 Å². The summed E-state index contributed by atoms with van der Waals surface area (Å²) in [5, 5.41) is 34.7. The highest BCUT2D eigenvalue weighted by Crippen LogP contribution is 2.21. The van der Waals surface area contributed by atoms with Crippen LogP contribution < -0.4 is 37.6 Å². The van der Waals surface area contributed by atoms with E-state index >= 15 is 0 Å². The first-order chi connectivity index (χ1) is 29.0. The fraction of sp³-hybridized carbons (Fsp3) is 0.780. The van der Waals surface area contributed by atoms with Gasteiger partial charge in [-0.2, -0.15) is 23.5 Å². The highest BCUT2D eigenvalue weighted by atomic mass is 32.2. The van der Waals surface area contributed by atoms with Gasteiger partial charge < -0.3 is 52.7 Å². The summed E-state index contributed by atoms with van der Waals surface area (Å²) >= 11 is 3.02. The van der Waals surface area contributed by atoms with E-state index in [2.05, 4.69) is 31.9 Å². The molecule has 0 spiro atoms. The van der Waals surface area contributed by atoms with Crippen LogP contribution in [0.4, 0.5) is 0 Å².